The molecule has 0 amide bonds. The molecule has 3 nitrogen and oxygen atoms in total. The van der Waals surface area contributed by atoms with Gasteiger partial charge in [0.05, 0.1) is 0 Å². The van der Waals surface area contributed by atoms with E-state index in [2.05, 4.69) is 23.5 Å². The fourth-order valence-corrected chi connectivity index (χ4v) is 2.47. The molecule has 0 fully saturated rings. The van der Waals surface area contributed by atoms with Gasteiger partial charge in [-0.2, -0.15) is 92.2 Å². The molecule has 0 spiro atoms. The molecule has 0 aliphatic heterocycles. The first kappa shape index (κ1) is 39.6. The molecule has 25 heteroatoms. The van der Waals surface area contributed by atoms with E-state index in [1.54, 1.807) is 0 Å². The average molecular weight is 691 g/mol. The number of thiocarbonyl (C=S) groups is 1. The Morgan fingerprint density at radius 1 is 0.595 bits per heavy atom. The van der Waals surface area contributed by atoms with E-state index in [1.807, 2.05) is 0 Å². The summed E-state index contributed by atoms with van der Waals surface area (Å²) >= 11 is 3.49. The van der Waals surface area contributed by atoms with E-state index >= 15 is 0 Å². The third-order valence-electron chi connectivity index (χ3n) is 4.77. The minimum Gasteiger partial charge on any atom is -0.460 e. The summed E-state index contributed by atoms with van der Waals surface area (Å²) in [5, 5.41) is 0.862. The average Bonchev–Trinajstić information content (AvgIpc) is 2.79. The van der Waals surface area contributed by atoms with Crippen LogP contribution in [0.15, 0.2) is 12.2 Å². The van der Waals surface area contributed by atoms with Crippen molar-refractivity contribution in [3.8, 4) is 0 Å². The minimum absolute atomic E-state index is 0.375. The lowest BCUT2D eigenvalue weighted by Crippen LogP contribution is -2.77. The van der Waals surface area contributed by atoms with Gasteiger partial charge in [-0.25, -0.2) is 4.79 Å². The van der Waals surface area contributed by atoms with Crippen LogP contribution in [0.3, 0.4) is 0 Å². The summed E-state index contributed by atoms with van der Waals surface area (Å²) in [6.45, 7) is 1.44. The fraction of sp³-hybridized carbons (Fsp3) is 0.765. The normalized spacial score (nSPS) is 15.4. The van der Waals surface area contributed by atoms with E-state index in [9.17, 15) is 97.0 Å². The Morgan fingerprint density at radius 2 is 0.881 bits per heavy atom. The standard InChI is InChI=1S/C17H10F21NO2S/c1-5(2)6(40)41-4-3-39-7(42)8(18,19)9(20,21)10(22,23)11(24,25)12(26,27)13(28,29)14(30,31)15(32,33)16(34,35)17(36,37)38/h1,3-4H2,2H3,(H,39,42). The van der Waals surface area contributed by atoms with Crippen molar-refractivity contribution in [2.24, 2.45) is 0 Å². The molecule has 0 aromatic heterocycles. The SMILES string of the molecule is C=C(C)C(=O)OCCNC(=S)C(F)(F)C(F)(F)C(F)(F)C(F)(F)C(F)(F)C(F)(F)C(F)(F)C(F)(F)C(F)(F)C(F)(F)F. The summed E-state index contributed by atoms with van der Waals surface area (Å²) in [6.07, 6.45) is -8.04. The molecule has 1 N–H and O–H groups in total. The molecule has 0 aliphatic rings. The largest absolute Gasteiger partial charge is 0.460 e. The highest BCUT2D eigenvalue weighted by Gasteiger charge is 2.98. The Bertz CT molecular complexity index is 1050. The van der Waals surface area contributed by atoms with Crippen molar-refractivity contribution in [3.63, 3.8) is 0 Å². The lowest BCUT2D eigenvalue weighted by Gasteiger charge is -2.44. The molecule has 0 radical (unpaired) electrons. The van der Waals surface area contributed by atoms with Crippen molar-refractivity contribution < 1.29 is 102 Å². The van der Waals surface area contributed by atoms with Crippen LogP contribution in [0, 0.1) is 0 Å². The Kier molecular flexibility index (Phi) is 10.3. The quantitative estimate of drug-likeness (QED) is 0.0724. The van der Waals surface area contributed by atoms with E-state index in [-0.39, 0.29) is 5.57 Å². The van der Waals surface area contributed by atoms with Gasteiger partial charge in [-0.15, -0.1) is 0 Å². The number of esters is 1. The summed E-state index contributed by atoms with van der Waals surface area (Å²) in [5.74, 6) is -79.4. The van der Waals surface area contributed by atoms with Crippen molar-refractivity contribution in [1.82, 2.24) is 5.32 Å². The van der Waals surface area contributed by atoms with Crippen LogP contribution in [0.25, 0.3) is 0 Å². The summed E-state index contributed by atoms with van der Waals surface area (Å²) in [7, 11) is 0. The smallest absolute Gasteiger partial charge is 0.460 e. The van der Waals surface area contributed by atoms with E-state index in [0.29, 0.717) is 0 Å². The molecule has 0 aliphatic carbocycles. The lowest BCUT2D eigenvalue weighted by atomic mass is 9.86. The van der Waals surface area contributed by atoms with Crippen LogP contribution in [0.4, 0.5) is 92.2 Å². The van der Waals surface area contributed by atoms with Crippen LogP contribution >= 0.6 is 12.2 Å². The van der Waals surface area contributed by atoms with Gasteiger partial charge in [-0.3, -0.25) is 0 Å². The zero-order valence-electron chi connectivity index (χ0n) is 19.3. The maximum Gasteiger partial charge on any atom is 0.460 e. The number of halogens is 21. The second-order valence-electron chi connectivity index (χ2n) is 7.84. The molecule has 0 heterocycles. The van der Waals surface area contributed by atoms with Gasteiger partial charge in [0.15, 0.2) is 4.99 Å². The summed E-state index contributed by atoms with van der Waals surface area (Å²) in [6, 6.07) is 0. The van der Waals surface area contributed by atoms with E-state index in [1.165, 1.54) is 0 Å². The number of nitrogens with one attached hydrogen (secondary N) is 1. The molecule has 0 rings (SSSR count). The van der Waals surface area contributed by atoms with Crippen molar-refractivity contribution in [2.45, 2.75) is 66.4 Å². The van der Waals surface area contributed by atoms with Crippen LogP contribution < -0.4 is 5.32 Å². The molecular formula is C17H10F21NO2S. The number of hydrogen-bond acceptors (Lipinski definition) is 3. The number of ether oxygens (including phenoxy) is 1. The molecular weight excluding hydrogens is 681 g/mol. The van der Waals surface area contributed by atoms with E-state index in [4.69, 9.17) is 0 Å². The van der Waals surface area contributed by atoms with Gasteiger partial charge < -0.3 is 10.1 Å². The van der Waals surface area contributed by atoms with Gasteiger partial charge in [0.1, 0.15) is 6.61 Å². The first-order valence-corrected chi connectivity index (χ1v) is 9.99. The molecule has 0 bridgehead atoms. The van der Waals surface area contributed by atoms with Crippen molar-refractivity contribution >= 4 is 23.2 Å². The number of rotatable bonds is 13. The molecule has 0 saturated carbocycles. The van der Waals surface area contributed by atoms with Gasteiger partial charge in [-0.05, 0) is 6.92 Å². The second kappa shape index (κ2) is 11.0. The molecule has 0 aromatic rings. The zero-order chi connectivity index (χ0) is 34.6. The minimum atomic E-state index is -9.25. The molecule has 0 aromatic carbocycles. The number of alkyl halides is 21. The van der Waals surface area contributed by atoms with Gasteiger partial charge >= 0.3 is 65.4 Å². The number of carbonyl (C=O) groups is 1. The van der Waals surface area contributed by atoms with Crippen molar-refractivity contribution in [2.75, 3.05) is 13.2 Å². The maximum absolute atomic E-state index is 13.9. The Labute approximate surface area is 223 Å². The molecule has 0 saturated heterocycles. The molecule has 0 unspecified atom stereocenters. The Hall–Kier alpha value is -2.37. The van der Waals surface area contributed by atoms with Crippen LogP contribution in [0.5, 0.6) is 0 Å². The van der Waals surface area contributed by atoms with Gasteiger partial charge in [-0.1, -0.05) is 18.8 Å². The molecule has 0 atom stereocenters. The summed E-state index contributed by atoms with van der Waals surface area (Å²) in [4.78, 5) is 8.01. The maximum atomic E-state index is 13.9. The third-order valence-corrected chi connectivity index (χ3v) is 5.17. The Balaban J connectivity index is 6.68. The highest BCUT2D eigenvalue weighted by Crippen LogP contribution is 2.66. The van der Waals surface area contributed by atoms with Crippen LogP contribution in [0.1, 0.15) is 6.92 Å². The topological polar surface area (TPSA) is 38.3 Å². The van der Waals surface area contributed by atoms with Crippen LogP contribution in [0.2, 0.25) is 0 Å². The Morgan fingerprint density at radius 3 is 1.17 bits per heavy atom. The molecule has 248 valence electrons. The van der Waals surface area contributed by atoms with E-state index < -0.39 is 83.6 Å². The van der Waals surface area contributed by atoms with Crippen LogP contribution in [-0.2, 0) is 9.53 Å². The van der Waals surface area contributed by atoms with Crippen LogP contribution in [-0.4, -0.2) is 83.6 Å². The monoisotopic (exact) mass is 691 g/mol. The fourth-order valence-electron chi connectivity index (χ4n) is 2.24. The zero-order valence-corrected chi connectivity index (χ0v) is 20.1. The number of carbonyl (C=O) groups excluding carboxylic acids is 1. The first-order valence-electron chi connectivity index (χ1n) is 9.58. The van der Waals surface area contributed by atoms with E-state index in [0.717, 1.165) is 12.2 Å². The first-order chi connectivity index (χ1) is 18.0. The van der Waals surface area contributed by atoms with Gasteiger partial charge in [0.2, 0.25) is 0 Å². The number of hydrogen-bond donors (Lipinski definition) is 1. The predicted molar refractivity (Wildman–Crippen MR) is 97.0 cm³/mol. The van der Waals surface area contributed by atoms with Crippen molar-refractivity contribution in [1.29, 1.82) is 0 Å². The third kappa shape index (κ3) is 5.52. The van der Waals surface area contributed by atoms with Gasteiger partial charge in [0.25, 0.3) is 0 Å². The van der Waals surface area contributed by atoms with Gasteiger partial charge in [0, 0.05) is 12.1 Å². The lowest BCUT2D eigenvalue weighted by molar-refractivity contribution is -0.472. The molecule has 42 heavy (non-hydrogen) atoms. The summed E-state index contributed by atoms with van der Waals surface area (Å²) in [5.41, 5.74) is -0.375. The predicted octanol–water partition coefficient (Wildman–Crippen LogP) is 7.30. The van der Waals surface area contributed by atoms with Crippen molar-refractivity contribution in [3.05, 3.63) is 12.2 Å². The summed E-state index contributed by atoms with van der Waals surface area (Å²) < 4.78 is 284. The highest BCUT2D eigenvalue weighted by atomic mass is 32.1. The highest BCUT2D eigenvalue weighted by molar-refractivity contribution is 7.80. The second-order valence-corrected chi connectivity index (χ2v) is 8.25.